The van der Waals surface area contributed by atoms with Gasteiger partial charge in [-0.3, -0.25) is 4.98 Å². The van der Waals surface area contributed by atoms with E-state index in [-0.39, 0.29) is 30.4 Å². The largest absolute Gasteiger partial charge is 0.457 e. The van der Waals surface area contributed by atoms with Gasteiger partial charge in [0.15, 0.2) is 0 Å². The second-order valence-electron chi connectivity index (χ2n) is 9.21. The monoisotopic (exact) mass is 543 g/mol. The van der Waals surface area contributed by atoms with Crippen molar-refractivity contribution in [3.63, 3.8) is 0 Å². The van der Waals surface area contributed by atoms with Crippen LogP contribution in [0.25, 0.3) is 10.9 Å². The van der Waals surface area contributed by atoms with Crippen molar-refractivity contribution in [3.05, 3.63) is 101 Å². The summed E-state index contributed by atoms with van der Waals surface area (Å²) in [7, 11) is 0. The van der Waals surface area contributed by atoms with Gasteiger partial charge in [0.05, 0.1) is 5.52 Å². The molecular formula is C29H32Cl3N3O. The van der Waals surface area contributed by atoms with Crippen molar-refractivity contribution in [1.29, 1.82) is 0 Å². The number of fused-ring (bicyclic) bond motifs is 1. The summed E-state index contributed by atoms with van der Waals surface area (Å²) >= 11 is 6.16. The number of halogens is 3. The summed E-state index contributed by atoms with van der Waals surface area (Å²) in [5.41, 5.74) is 10.0. The normalized spacial score (nSPS) is 19.2. The molecule has 0 bridgehead atoms. The Balaban J connectivity index is 0.00000180. The molecule has 0 aliphatic heterocycles. The van der Waals surface area contributed by atoms with Crippen LogP contribution in [0.5, 0.6) is 11.5 Å². The minimum Gasteiger partial charge on any atom is -0.457 e. The maximum atomic E-state index is 6.94. The zero-order chi connectivity index (χ0) is 23.4. The molecule has 1 aliphatic carbocycles. The second kappa shape index (κ2) is 12.8. The molecule has 1 aromatic heterocycles. The number of aromatic nitrogens is 1. The fourth-order valence-corrected chi connectivity index (χ4v) is 5.10. The molecule has 3 N–H and O–H groups in total. The summed E-state index contributed by atoms with van der Waals surface area (Å²) in [4.78, 5) is 4.48. The van der Waals surface area contributed by atoms with E-state index in [0.29, 0.717) is 11.1 Å². The lowest BCUT2D eigenvalue weighted by Crippen LogP contribution is -2.45. The predicted molar refractivity (Wildman–Crippen MR) is 154 cm³/mol. The quantitative estimate of drug-likeness (QED) is 0.254. The number of hydrogen-bond donors (Lipinski definition) is 2. The Labute approximate surface area is 230 Å². The number of nitrogens with one attached hydrogen (secondary N) is 1. The molecule has 0 radical (unpaired) electrons. The van der Waals surface area contributed by atoms with Crippen LogP contribution in [0.3, 0.4) is 0 Å². The molecule has 1 aliphatic rings. The average molecular weight is 545 g/mol. The highest BCUT2D eigenvalue weighted by Crippen LogP contribution is 2.38. The van der Waals surface area contributed by atoms with Gasteiger partial charge in [-0.2, -0.15) is 0 Å². The van der Waals surface area contributed by atoms with E-state index in [9.17, 15) is 0 Å². The van der Waals surface area contributed by atoms with Crippen LogP contribution in [0.1, 0.15) is 36.8 Å². The molecule has 0 amide bonds. The Kier molecular flexibility index (Phi) is 10.0. The molecule has 1 fully saturated rings. The zero-order valence-electron chi connectivity index (χ0n) is 20.0. The van der Waals surface area contributed by atoms with Gasteiger partial charge in [-0.25, -0.2) is 0 Å². The van der Waals surface area contributed by atoms with Crippen molar-refractivity contribution in [2.45, 2.75) is 43.7 Å². The average Bonchev–Trinajstić information content (AvgIpc) is 2.86. The summed E-state index contributed by atoms with van der Waals surface area (Å²) in [5, 5.41) is 5.56. The smallest absolute Gasteiger partial charge is 0.127 e. The predicted octanol–water partition coefficient (Wildman–Crippen LogP) is 7.45. The molecule has 5 rings (SSSR count). The lowest BCUT2D eigenvalue weighted by atomic mass is 9.74. The third kappa shape index (κ3) is 6.70. The minimum atomic E-state index is -0.318. The van der Waals surface area contributed by atoms with E-state index < -0.39 is 0 Å². The number of pyridine rings is 1. The van der Waals surface area contributed by atoms with E-state index in [2.05, 4.69) is 34.6 Å². The number of ether oxygens (including phenoxy) is 1. The van der Waals surface area contributed by atoms with E-state index >= 15 is 0 Å². The van der Waals surface area contributed by atoms with Crippen LogP contribution in [0.15, 0.2) is 85.1 Å². The van der Waals surface area contributed by atoms with Crippen molar-refractivity contribution in [3.8, 4) is 11.5 Å². The Morgan fingerprint density at radius 1 is 0.917 bits per heavy atom. The van der Waals surface area contributed by atoms with Gasteiger partial charge in [0, 0.05) is 28.2 Å². The highest BCUT2D eigenvalue weighted by molar-refractivity contribution is 6.31. The van der Waals surface area contributed by atoms with Gasteiger partial charge in [-0.1, -0.05) is 48.0 Å². The number of para-hydroxylation sites is 1. The van der Waals surface area contributed by atoms with Gasteiger partial charge < -0.3 is 15.8 Å². The van der Waals surface area contributed by atoms with Crippen molar-refractivity contribution in [1.82, 2.24) is 10.3 Å². The first-order chi connectivity index (χ1) is 16.6. The van der Waals surface area contributed by atoms with Crippen molar-refractivity contribution in [2.75, 3.05) is 6.54 Å². The summed E-state index contributed by atoms with van der Waals surface area (Å²) in [6.45, 7) is 0.956. The molecule has 1 heterocycles. The number of hydrogen-bond acceptors (Lipinski definition) is 4. The standard InChI is InChI=1S/C29H30ClN3O.2ClH/c30-22-8-11-26-27(15-19-33-28(26)20-22)29(31)16-12-23(13-17-29)32-18-14-21-6-9-25(10-7-21)34-24-4-2-1-3-5-24;;/h1-11,15,19-20,23,32H,12-14,16-18,31H2;2*1H. The highest BCUT2D eigenvalue weighted by Gasteiger charge is 2.34. The summed E-state index contributed by atoms with van der Waals surface area (Å²) in [6, 6.07) is 26.7. The summed E-state index contributed by atoms with van der Waals surface area (Å²) in [5.74, 6) is 1.72. The molecule has 4 nitrogen and oxygen atoms in total. The SMILES string of the molecule is Cl.Cl.NC1(c2ccnc3cc(Cl)ccc23)CCC(NCCc2ccc(Oc3ccccc3)cc2)CC1. The third-order valence-corrected chi connectivity index (χ3v) is 7.10. The molecule has 1 saturated carbocycles. The molecule has 7 heteroatoms. The van der Waals surface area contributed by atoms with E-state index in [1.54, 1.807) is 0 Å². The van der Waals surface area contributed by atoms with Crippen molar-refractivity contribution in [2.24, 2.45) is 5.73 Å². The van der Waals surface area contributed by atoms with E-state index in [1.807, 2.05) is 60.8 Å². The molecule has 4 aromatic rings. The first kappa shape index (κ1) is 28.2. The molecule has 0 spiro atoms. The lowest BCUT2D eigenvalue weighted by Gasteiger charge is -2.38. The summed E-state index contributed by atoms with van der Waals surface area (Å²) in [6.07, 6.45) is 6.89. The van der Waals surface area contributed by atoms with Crippen LogP contribution in [-0.4, -0.2) is 17.6 Å². The van der Waals surface area contributed by atoms with Gasteiger partial charge in [0.1, 0.15) is 11.5 Å². The number of rotatable bonds is 7. The van der Waals surface area contributed by atoms with Gasteiger partial charge in [0.25, 0.3) is 0 Å². The highest BCUT2D eigenvalue weighted by atomic mass is 35.5. The summed E-state index contributed by atoms with van der Waals surface area (Å²) < 4.78 is 5.88. The lowest BCUT2D eigenvalue weighted by molar-refractivity contribution is 0.254. The first-order valence-electron chi connectivity index (χ1n) is 12.0. The maximum Gasteiger partial charge on any atom is 0.127 e. The van der Waals surface area contributed by atoms with Gasteiger partial charge >= 0.3 is 0 Å². The van der Waals surface area contributed by atoms with Gasteiger partial charge in [-0.15, -0.1) is 24.8 Å². The first-order valence-corrected chi connectivity index (χ1v) is 12.4. The van der Waals surface area contributed by atoms with Crippen LogP contribution >= 0.6 is 36.4 Å². The Bertz CT molecular complexity index is 1240. The maximum absolute atomic E-state index is 6.94. The second-order valence-corrected chi connectivity index (χ2v) is 9.65. The van der Waals surface area contributed by atoms with E-state index in [4.69, 9.17) is 22.1 Å². The minimum absolute atomic E-state index is 0. The van der Waals surface area contributed by atoms with Crippen LogP contribution in [0.2, 0.25) is 5.02 Å². The fourth-order valence-electron chi connectivity index (χ4n) is 4.93. The van der Waals surface area contributed by atoms with Crippen molar-refractivity contribution < 1.29 is 4.74 Å². The van der Waals surface area contributed by atoms with E-state index in [0.717, 1.165) is 61.1 Å². The molecule has 0 atom stereocenters. The Morgan fingerprint density at radius 3 is 2.33 bits per heavy atom. The van der Waals surface area contributed by atoms with Crippen LogP contribution in [0.4, 0.5) is 0 Å². The topological polar surface area (TPSA) is 60.2 Å². The van der Waals surface area contributed by atoms with Crippen LogP contribution in [0, 0.1) is 0 Å². The zero-order valence-corrected chi connectivity index (χ0v) is 22.4. The molecular weight excluding hydrogens is 513 g/mol. The Morgan fingerprint density at radius 2 is 1.61 bits per heavy atom. The van der Waals surface area contributed by atoms with E-state index in [1.165, 1.54) is 11.1 Å². The number of nitrogens with two attached hydrogens (primary N) is 1. The van der Waals surface area contributed by atoms with Crippen LogP contribution < -0.4 is 15.8 Å². The van der Waals surface area contributed by atoms with Gasteiger partial charge in [-0.05, 0) is 92.2 Å². The Hall–Kier alpha value is -2.34. The third-order valence-electron chi connectivity index (χ3n) is 6.87. The molecule has 3 aromatic carbocycles. The van der Waals surface area contributed by atoms with Crippen LogP contribution in [-0.2, 0) is 12.0 Å². The number of benzene rings is 3. The molecule has 0 unspecified atom stereocenters. The van der Waals surface area contributed by atoms with Crippen molar-refractivity contribution >= 4 is 47.3 Å². The van der Waals surface area contributed by atoms with Gasteiger partial charge in [0.2, 0.25) is 0 Å². The molecule has 190 valence electrons. The fraction of sp³-hybridized carbons (Fsp3) is 0.276. The molecule has 36 heavy (non-hydrogen) atoms. The number of nitrogens with zero attached hydrogens (tertiary/aromatic N) is 1. The molecule has 0 saturated heterocycles.